The molecule has 1 atom stereocenters. The fourth-order valence-corrected chi connectivity index (χ4v) is 2.73. The van der Waals surface area contributed by atoms with Crippen LogP contribution in [0.3, 0.4) is 0 Å². The third-order valence-corrected chi connectivity index (χ3v) is 3.71. The van der Waals surface area contributed by atoms with Gasteiger partial charge in [0.2, 0.25) is 5.91 Å². The Morgan fingerprint density at radius 1 is 1.47 bits per heavy atom. The first kappa shape index (κ1) is 14.3. The quantitative estimate of drug-likeness (QED) is 0.904. The van der Waals surface area contributed by atoms with Crippen LogP contribution in [0.1, 0.15) is 19.8 Å². The number of carbonyl (C=O) groups excluding carboxylic acids is 1. The summed E-state index contributed by atoms with van der Waals surface area (Å²) < 4.78 is 6.15. The van der Waals surface area contributed by atoms with E-state index in [2.05, 4.69) is 28.2 Å². The van der Waals surface area contributed by atoms with Crippen molar-refractivity contribution in [2.24, 2.45) is 0 Å². The smallest absolute Gasteiger partial charge is 0.244 e. The van der Waals surface area contributed by atoms with E-state index < -0.39 is 0 Å². The van der Waals surface area contributed by atoms with Crippen molar-refractivity contribution in [2.45, 2.75) is 25.8 Å². The lowest BCUT2D eigenvalue weighted by atomic mass is 10.2. The van der Waals surface area contributed by atoms with Gasteiger partial charge in [0.15, 0.2) is 0 Å². The van der Waals surface area contributed by atoms with Crippen molar-refractivity contribution >= 4 is 27.5 Å². The molecule has 0 aliphatic carbocycles. The highest BCUT2D eigenvalue weighted by atomic mass is 79.9. The monoisotopic (exact) mass is 326 g/mol. The number of anilines is 1. The largest absolute Gasteiger partial charge is 0.497 e. The summed E-state index contributed by atoms with van der Waals surface area (Å²) in [5.41, 5.74) is 0.886. The number of halogens is 1. The maximum Gasteiger partial charge on any atom is 0.244 e. The second-order valence-electron chi connectivity index (χ2n) is 4.63. The molecular weight excluding hydrogens is 308 g/mol. The summed E-state index contributed by atoms with van der Waals surface area (Å²) in [6, 6.07) is 5.68. The van der Waals surface area contributed by atoms with E-state index in [9.17, 15) is 4.79 Å². The van der Waals surface area contributed by atoms with Gasteiger partial charge >= 0.3 is 0 Å². The van der Waals surface area contributed by atoms with Crippen molar-refractivity contribution in [2.75, 3.05) is 25.1 Å². The predicted molar refractivity (Wildman–Crippen MR) is 79.7 cm³/mol. The Morgan fingerprint density at radius 2 is 2.26 bits per heavy atom. The SMILES string of the molecule is CCCNC1CCN(c2cc(Br)cc(OC)c2)C1=O. The molecule has 1 fully saturated rings. The van der Waals surface area contributed by atoms with Crippen LogP contribution in [0.4, 0.5) is 5.69 Å². The second-order valence-corrected chi connectivity index (χ2v) is 5.55. The number of amides is 1. The molecule has 1 unspecified atom stereocenters. The van der Waals surface area contributed by atoms with Gasteiger partial charge < -0.3 is 15.0 Å². The molecule has 5 heteroatoms. The topological polar surface area (TPSA) is 41.6 Å². The highest BCUT2D eigenvalue weighted by molar-refractivity contribution is 9.10. The van der Waals surface area contributed by atoms with Crippen LogP contribution >= 0.6 is 15.9 Å². The number of methoxy groups -OCH3 is 1. The van der Waals surface area contributed by atoms with Gasteiger partial charge in [0.25, 0.3) is 0 Å². The second kappa shape index (κ2) is 6.39. The zero-order valence-electron chi connectivity index (χ0n) is 11.3. The summed E-state index contributed by atoms with van der Waals surface area (Å²) in [6.07, 6.45) is 1.89. The van der Waals surface area contributed by atoms with E-state index in [1.54, 1.807) is 7.11 Å². The molecule has 1 saturated heterocycles. The molecule has 19 heavy (non-hydrogen) atoms. The number of hydrogen-bond donors (Lipinski definition) is 1. The van der Waals surface area contributed by atoms with Crippen molar-refractivity contribution in [1.29, 1.82) is 0 Å². The van der Waals surface area contributed by atoms with Gasteiger partial charge in [-0.3, -0.25) is 4.79 Å². The van der Waals surface area contributed by atoms with Crippen molar-refractivity contribution < 1.29 is 9.53 Å². The van der Waals surface area contributed by atoms with Gasteiger partial charge in [-0.2, -0.15) is 0 Å². The Morgan fingerprint density at radius 3 is 2.95 bits per heavy atom. The summed E-state index contributed by atoms with van der Waals surface area (Å²) >= 11 is 3.44. The molecule has 1 aliphatic rings. The first-order chi connectivity index (χ1) is 9.15. The molecule has 4 nitrogen and oxygen atoms in total. The molecule has 0 aromatic heterocycles. The minimum absolute atomic E-state index is 0.0510. The van der Waals surface area contributed by atoms with Crippen LogP contribution < -0.4 is 15.0 Å². The van der Waals surface area contributed by atoms with Gasteiger partial charge in [-0.15, -0.1) is 0 Å². The average molecular weight is 327 g/mol. The molecular formula is C14H19BrN2O2. The number of carbonyl (C=O) groups is 1. The van der Waals surface area contributed by atoms with E-state index in [1.807, 2.05) is 23.1 Å². The maximum atomic E-state index is 12.3. The van der Waals surface area contributed by atoms with Crippen LogP contribution in [-0.2, 0) is 4.79 Å². The van der Waals surface area contributed by atoms with Crippen LogP contribution in [0.15, 0.2) is 22.7 Å². The lowest BCUT2D eigenvalue weighted by molar-refractivity contribution is -0.118. The number of rotatable bonds is 5. The third kappa shape index (κ3) is 3.28. The van der Waals surface area contributed by atoms with Gasteiger partial charge in [-0.1, -0.05) is 22.9 Å². The fourth-order valence-electron chi connectivity index (χ4n) is 2.27. The zero-order valence-corrected chi connectivity index (χ0v) is 12.9. The molecule has 1 heterocycles. The van der Waals surface area contributed by atoms with Gasteiger partial charge in [0, 0.05) is 22.8 Å². The highest BCUT2D eigenvalue weighted by Gasteiger charge is 2.32. The molecule has 1 aliphatic heterocycles. The van der Waals surface area contributed by atoms with E-state index in [4.69, 9.17) is 4.74 Å². The molecule has 1 aromatic carbocycles. The summed E-state index contributed by atoms with van der Waals surface area (Å²) in [6.45, 7) is 3.73. The lowest BCUT2D eigenvalue weighted by Gasteiger charge is -2.18. The Labute approximate surface area is 122 Å². The van der Waals surface area contributed by atoms with Gasteiger partial charge in [0.1, 0.15) is 5.75 Å². The van der Waals surface area contributed by atoms with Gasteiger partial charge in [-0.25, -0.2) is 0 Å². The Balaban J connectivity index is 2.14. The van der Waals surface area contributed by atoms with Crippen molar-refractivity contribution in [1.82, 2.24) is 5.32 Å². The first-order valence-electron chi connectivity index (χ1n) is 6.55. The van der Waals surface area contributed by atoms with Crippen LogP contribution in [0.5, 0.6) is 5.75 Å². The highest BCUT2D eigenvalue weighted by Crippen LogP contribution is 2.29. The fraction of sp³-hybridized carbons (Fsp3) is 0.500. The first-order valence-corrected chi connectivity index (χ1v) is 7.34. The molecule has 1 amide bonds. The number of nitrogens with one attached hydrogen (secondary N) is 1. The van der Waals surface area contributed by atoms with E-state index in [0.29, 0.717) is 0 Å². The van der Waals surface area contributed by atoms with Crippen LogP contribution in [-0.4, -0.2) is 32.1 Å². The summed E-state index contributed by atoms with van der Waals surface area (Å²) in [4.78, 5) is 14.2. The number of benzene rings is 1. The Bertz CT molecular complexity index is 465. The van der Waals surface area contributed by atoms with E-state index in [1.165, 1.54) is 0 Å². The molecule has 0 saturated carbocycles. The van der Waals surface area contributed by atoms with Gasteiger partial charge in [-0.05, 0) is 31.5 Å². The molecule has 0 bridgehead atoms. The number of hydrogen-bond acceptors (Lipinski definition) is 3. The Hall–Kier alpha value is -1.07. The molecule has 104 valence electrons. The third-order valence-electron chi connectivity index (χ3n) is 3.25. The minimum Gasteiger partial charge on any atom is -0.497 e. The van der Waals surface area contributed by atoms with E-state index in [0.717, 1.165) is 41.8 Å². The summed E-state index contributed by atoms with van der Waals surface area (Å²) in [5.74, 6) is 0.899. The van der Waals surface area contributed by atoms with Crippen LogP contribution in [0.2, 0.25) is 0 Å². The van der Waals surface area contributed by atoms with Crippen LogP contribution in [0, 0.1) is 0 Å². The Kier molecular flexibility index (Phi) is 4.82. The van der Waals surface area contributed by atoms with Crippen LogP contribution in [0.25, 0.3) is 0 Å². The minimum atomic E-state index is -0.0510. The summed E-state index contributed by atoms with van der Waals surface area (Å²) in [5, 5.41) is 3.29. The number of nitrogens with zero attached hydrogens (tertiary/aromatic N) is 1. The number of ether oxygens (including phenoxy) is 1. The normalized spacial score (nSPS) is 19.0. The van der Waals surface area contributed by atoms with Crippen molar-refractivity contribution in [3.8, 4) is 5.75 Å². The predicted octanol–water partition coefficient (Wildman–Crippen LogP) is 2.56. The standard InChI is InChI=1S/C14H19BrN2O2/c1-3-5-16-13-4-6-17(14(13)18)11-7-10(15)8-12(9-11)19-2/h7-9,13,16H,3-6H2,1-2H3. The average Bonchev–Trinajstić information content (AvgIpc) is 2.77. The van der Waals surface area contributed by atoms with Crippen molar-refractivity contribution in [3.05, 3.63) is 22.7 Å². The zero-order chi connectivity index (χ0) is 13.8. The van der Waals surface area contributed by atoms with E-state index in [-0.39, 0.29) is 11.9 Å². The van der Waals surface area contributed by atoms with E-state index >= 15 is 0 Å². The summed E-state index contributed by atoms with van der Waals surface area (Å²) in [7, 11) is 1.63. The maximum absolute atomic E-state index is 12.3. The molecule has 0 spiro atoms. The lowest BCUT2D eigenvalue weighted by Crippen LogP contribution is -2.38. The van der Waals surface area contributed by atoms with Gasteiger partial charge in [0.05, 0.1) is 13.2 Å². The molecule has 1 N–H and O–H groups in total. The molecule has 1 aromatic rings. The van der Waals surface area contributed by atoms with Crippen molar-refractivity contribution in [3.63, 3.8) is 0 Å². The molecule has 2 rings (SSSR count). The molecule has 0 radical (unpaired) electrons.